The largest absolute Gasteiger partial charge is 0.448 e. The Balaban J connectivity index is 2.13. The summed E-state index contributed by atoms with van der Waals surface area (Å²) in [6.45, 7) is 2.90. The second-order valence-electron chi connectivity index (χ2n) is 3.27. The fourth-order valence-corrected chi connectivity index (χ4v) is 1.41. The lowest BCUT2D eigenvalue weighted by atomic mass is 10.1. The van der Waals surface area contributed by atoms with Crippen LogP contribution in [0.2, 0.25) is 0 Å². The van der Waals surface area contributed by atoms with Crippen LogP contribution in [0.25, 0.3) is 0 Å². The van der Waals surface area contributed by atoms with E-state index in [9.17, 15) is 4.79 Å². The van der Waals surface area contributed by atoms with Crippen LogP contribution in [-0.2, 0) is 4.74 Å². The van der Waals surface area contributed by atoms with Crippen molar-refractivity contribution in [2.75, 3.05) is 33.3 Å². The number of rotatable bonds is 3. The van der Waals surface area contributed by atoms with Crippen molar-refractivity contribution in [2.24, 2.45) is 0 Å². The molecule has 1 saturated heterocycles. The Hall–Kier alpha value is -0.770. The summed E-state index contributed by atoms with van der Waals surface area (Å²) in [4.78, 5) is 13.1. The average molecular weight is 186 g/mol. The summed E-state index contributed by atoms with van der Waals surface area (Å²) in [6.07, 6.45) is 3.30. The van der Waals surface area contributed by atoms with E-state index in [1.807, 2.05) is 7.05 Å². The summed E-state index contributed by atoms with van der Waals surface area (Å²) in [5.41, 5.74) is 0. The molecule has 1 N–H and O–H groups in total. The molecule has 1 aliphatic heterocycles. The zero-order valence-corrected chi connectivity index (χ0v) is 8.21. The number of likely N-dealkylation sites (N-methyl/N-ethyl adjacent to an activating group) is 1. The van der Waals surface area contributed by atoms with Gasteiger partial charge in [0.05, 0.1) is 0 Å². The third-order valence-electron chi connectivity index (χ3n) is 2.19. The summed E-state index contributed by atoms with van der Waals surface area (Å²) in [7, 11) is 1.84. The van der Waals surface area contributed by atoms with Crippen molar-refractivity contribution < 1.29 is 9.53 Å². The lowest BCUT2D eigenvalue weighted by Gasteiger charge is -2.25. The summed E-state index contributed by atoms with van der Waals surface area (Å²) in [5.74, 6) is 0. The molecular formula is C9H18N2O2. The Morgan fingerprint density at radius 2 is 2.08 bits per heavy atom. The maximum Gasteiger partial charge on any atom is 0.409 e. The number of carbonyl (C=O) groups excluding carboxylic acids is 1. The molecule has 0 bridgehead atoms. The van der Waals surface area contributed by atoms with Crippen LogP contribution in [0.4, 0.5) is 4.79 Å². The lowest BCUT2D eigenvalue weighted by Crippen LogP contribution is -2.36. The molecule has 0 spiro atoms. The van der Waals surface area contributed by atoms with Gasteiger partial charge in [0.25, 0.3) is 0 Å². The van der Waals surface area contributed by atoms with E-state index in [4.69, 9.17) is 4.74 Å². The fourth-order valence-electron chi connectivity index (χ4n) is 1.41. The Morgan fingerprint density at radius 3 is 2.69 bits per heavy atom. The van der Waals surface area contributed by atoms with Crippen molar-refractivity contribution in [2.45, 2.75) is 19.3 Å². The molecule has 0 saturated carbocycles. The molecule has 0 aromatic carbocycles. The van der Waals surface area contributed by atoms with Gasteiger partial charge in [-0.25, -0.2) is 4.79 Å². The molecule has 4 heteroatoms. The van der Waals surface area contributed by atoms with Crippen molar-refractivity contribution in [3.8, 4) is 0 Å². The Bertz CT molecular complexity index is 156. The van der Waals surface area contributed by atoms with Gasteiger partial charge in [-0.15, -0.1) is 0 Å². The molecule has 1 fully saturated rings. The van der Waals surface area contributed by atoms with Gasteiger partial charge in [0.1, 0.15) is 6.61 Å². The molecule has 0 atom stereocenters. The minimum Gasteiger partial charge on any atom is -0.448 e. The van der Waals surface area contributed by atoms with E-state index >= 15 is 0 Å². The number of carbonyl (C=O) groups is 1. The summed E-state index contributed by atoms with van der Waals surface area (Å²) >= 11 is 0. The lowest BCUT2D eigenvalue weighted by molar-refractivity contribution is 0.0963. The van der Waals surface area contributed by atoms with Crippen molar-refractivity contribution in [3.63, 3.8) is 0 Å². The van der Waals surface area contributed by atoms with Crippen LogP contribution < -0.4 is 5.32 Å². The zero-order chi connectivity index (χ0) is 9.52. The molecule has 0 aromatic heterocycles. The number of hydrogen-bond donors (Lipinski definition) is 1. The van der Waals surface area contributed by atoms with Crippen LogP contribution in [0.5, 0.6) is 0 Å². The minimum absolute atomic E-state index is 0.157. The van der Waals surface area contributed by atoms with Gasteiger partial charge in [-0.3, -0.25) is 0 Å². The van der Waals surface area contributed by atoms with E-state index in [1.165, 1.54) is 6.42 Å². The second kappa shape index (κ2) is 5.80. The molecule has 1 aliphatic rings. The first-order valence-electron chi connectivity index (χ1n) is 4.91. The first-order chi connectivity index (χ1) is 6.34. The Labute approximate surface area is 79.2 Å². The van der Waals surface area contributed by atoms with E-state index in [0.29, 0.717) is 6.61 Å². The van der Waals surface area contributed by atoms with Crippen molar-refractivity contribution in [3.05, 3.63) is 0 Å². The molecule has 1 rings (SSSR count). The highest BCUT2D eigenvalue weighted by Crippen LogP contribution is 2.09. The molecule has 0 aromatic rings. The molecule has 4 nitrogen and oxygen atoms in total. The van der Waals surface area contributed by atoms with Gasteiger partial charge in [0, 0.05) is 19.6 Å². The Kier molecular flexibility index (Phi) is 4.60. The topological polar surface area (TPSA) is 41.6 Å². The minimum atomic E-state index is -0.157. The number of ether oxygens (including phenoxy) is 1. The molecule has 76 valence electrons. The summed E-state index contributed by atoms with van der Waals surface area (Å²) in [5, 5.41) is 2.93. The van der Waals surface area contributed by atoms with E-state index in [0.717, 1.165) is 32.5 Å². The third kappa shape index (κ3) is 3.63. The normalized spacial score (nSPS) is 17.2. The van der Waals surface area contributed by atoms with Gasteiger partial charge >= 0.3 is 6.09 Å². The monoisotopic (exact) mass is 186 g/mol. The maximum absolute atomic E-state index is 11.3. The highest BCUT2D eigenvalue weighted by atomic mass is 16.6. The van der Waals surface area contributed by atoms with Gasteiger partial charge < -0.3 is 15.0 Å². The summed E-state index contributed by atoms with van der Waals surface area (Å²) < 4.78 is 5.05. The van der Waals surface area contributed by atoms with Crippen molar-refractivity contribution >= 4 is 6.09 Å². The molecule has 0 unspecified atom stereocenters. The number of nitrogens with zero attached hydrogens (tertiary/aromatic N) is 1. The molecule has 1 amide bonds. The highest BCUT2D eigenvalue weighted by molar-refractivity contribution is 5.67. The Morgan fingerprint density at radius 1 is 1.38 bits per heavy atom. The van der Waals surface area contributed by atoms with Gasteiger partial charge in [0.2, 0.25) is 0 Å². The number of likely N-dealkylation sites (tertiary alicyclic amines) is 1. The van der Waals surface area contributed by atoms with Crippen LogP contribution in [0.15, 0.2) is 0 Å². The highest BCUT2D eigenvalue weighted by Gasteiger charge is 2.16. The number of hydrogen-bond acceptors (Lipinski definition) is 3. The van der Waals surface area contributed by atoms with Gasteiger partial charge in [-0.2, -0.15) is 0 Å². The molecule has 13 heavy (non-hydrogen) atoms. The van der Waals surface area contributed by atoms with Crippen LogP contribution >= 0.6 is 0 Å². The first-order valence-corrected chi connectivity index (χ1v) is 4.91. The SMILES string of the molecule is CNCCOC(=O)N1CCCCC1. The van der Waals surface area contributed by atoms with E-state index in [2.05, 4.69) is 5.32 Å². The van der Waals surface area contributed by atoms with Gasteiger partial charge in [0.15, 0.2) is 0 Å². The molecule has 0 radical (unpaired) electrons. The van der Waals surface area contributed by atoms with Gasteiger partial charge in [-0.1, -0.05) is 0 Å². The maximum atomic E-state index is 11.3. The van der Waals surface area contributed by atoms with Crippen molar-refractivity contribution in [1.29, 1.82) is 0 Å². The fraction of sp³-hybridized carbons (Fsp3) is 0.889. The van der Waals surface area contributed by atoms with Crippen LogP contribution in [0.1, 0.15) is 19.3 Å². The van der Waals surface area contributed by atoms with Crippen LogP contribution in [-0.4, -0.2) is 44.3 Å². The number of amides is 1. The van der Waals surface area contributed by atoms with Crippen molar-refractivity contribution in [1.82, 2.24) is 10.2 Å². The van der Waals surface area contributed by atoms with Crippen LogP contribution in [0.3, 0.4) is 0 Å². The first kappa shape index (κ1) is 10.3. The van der Waals surface area contributed by atoms with E-state index in [-0.39, 0.29) is 6.09 Å². The summed E-state index contributed by atoms with van der Waals surface area (Å²) in [6, 6.07) is 0. The second-order valence-corrected chi connectivity index (χ2v) is 3.27. The predicted molar refractivity (Wildman–Crippen MR) is 50.7 cm³/mol. The average Bonchev–Trinajstić information content (AvgIpc) is 2.19. The molecule has 0 aliphatic carbocycles. The van der Waals surface area contributed by atoms with Gasteiger partial charge in [-0.05, 0) is 26.3 Å². The third-order valence-corrected chi connectivity index (χ3v) is 2.19. The molecule has 1 heterocycles. The smallest absolute Gasteiger partial charge is 0.409 e. The number of piperidine rings is 1. The van der Waals surface area contributed by atoms with E-state index in [1.54, 1.807) is 4.90 Å². The molecular weight excluding hydrogens is 168 g/mol. The predicted octanol–water partition coefficient (Wildman–Crippen LogP) is 0.828. The number of nitrogens with one attached hydrogen (secondary N) is 1. The zero-order valence-electron chi connectivity index (χ0n) is 8.21. The quantitative estimate of drug-likeness (QED) is 0.664. The van der Waals surface area contributed by atoms with E-state index < -0.39 is 0 Å². The standard InChI is InChI=1S/C9H18N2O2/c1-10-5-8-13-9(12)11-6-3-2-4-7-11/h10H,2-8H2,1H3. The van der Waals surface area contributed by atoms with Crippen LogP contribution in [0, 0.1) is 0 Å².